The van der Waals surface area contributed by atoms with Crippen LogP contribution in [0.2, 0.25) is 0 Å². The van der Waals surface area contributed by atoms with Crippen molar-refractivity contribution < 1.29 is 13.5 Å². The van der Waals surface area contributed by atoms with Gasteiger partial charge in [-0.2, -0.15) is 0 Å². The highest BCUT2D eigenvalue weighted by atomic mass is 35.5. The van der Waals surface area contributed by atoms with Crippen LogP contribution in [0.4, 0.5) is 8.78 Å². The molecule has 1 aromatic carbocycles. The molecule has 0 aliphatic carbocycles. The lowest BCUT2D eigenvalue weighted by molar-refractivity contribution is 0.0165. The third kappa shape index (κ3) is 3.40. The molecule has 0 aliphatic rings. The molecule has 0 saturated carbocycles. The number of thiophene rings is 1. The van der Waals surface area contributed by atoms with Crippen LogP contribution in [0.25, 0.3) is 10.1 Å². The zero-order chi connectivity index (χ0) is 13.0. The van der Waals surface area contributed by atoms with Crippen molar-refractivity contribution in [3.63, 3.8) is 0 Å². The second-order valence-electron chi connectivity index (χ2n) is 3.91. The Kier molecular flexibility index (Phi) is 4.92. The molecule has 0 fully saturated rings. The standard InChI is InChI=1S/C13H13ClF2OS/c14-11(5-6-17-7-13(15)16)10-8-18-12-4-2-1-3-9(10)12/h1-4,8,11,13H,5-7H2. The maximum atomic E-state index is 11.9. The Labute approximate surface area is 113 Å². The van der Waals surface area contributed by atoms with Gasteiger partial charge in [-0.05, 0) is 28.8 Å². The summed E-state index contributed by atoms with van der Waals surface area (Å²) in [7, 11) is 0. The Morgan fingerprint density at radius 3 is 2.83 bits per heavy atom. The molecule has 5 heteroatoms. The molecule has 1 aromatic heterocycles. The van der Waals surface area contributed by atoms with Crippen molar-refractivity contribution in [1.82, 2.24) is 0 Å². The van der Waals surface area contributed by atoms with Gasteiger partial charge in [-0.1, -0.05) is 18.2 Å². The lowest BCUT2D eigenvalue weighted by atomic mass is 10.1. The van der Waals surface area contributed by atoms with E-state index in [0.29, 0.717) is 6.42 Å². The number of alkyl halides is 3. The van der Waals surface area contributed by atoms with Gasteiger partial charge in [0.25, 0.3) is 6.43 Å². The molecule has 0 spiro atoms. The fraction of sp³-hybridized carbons (Fsp3) is 0.385. The number of hydrogen-bond acceptors (Lipinski definition) is 2. The zero-order valence-corrected chi connectivity index (χ0v) is 11.2. The highest BCUT2D eigenvalue weighted by molar-refractivity contribution is 7.17. The minimum absolute atomic E-state index is 0.196. The van der Waals surface area contributed by atoms with Crippen molar-refractivity contribution >= 4 is 33.0 Å². The lowest BCUT2D eigenvalue weighted by Crippen LogP contribution is -2.06. The largest absolute Gasteiger partial charge is 0.375 e. The number of rotatable bonds is 6. The first-order valence-electron chi connectivity index (χ1n) is 5.64. The molecule has 0 saturated heterocycles. The van der Waals surface area contributed by atoms with Crippen molar-refractivity contribution in [3.05, 3.63) is 35.2 Å². The predicted octanol–water partition coefficient (Wildman–Crippen LogP) is 4.85. The smallest absolute Gasteiger partial charge is 0.261 e. The summed E-state index contributed by atoms with van der Waals surface area (Å²) in [4.78, 5) is 0. The number of hydrogen-bond donors (Lipinski definition) is 0. The number of benzene rings is 1. The van der Waals surface area contributed by atoms with Crippen LogP contribution in [0.5, 0.6) is 0 Å². The van der Waals surface area contributed by atoms with Gasteiger partial charge in [0, 0.05) is 11.3 Å². The number of fused-ring (bicyclic) bond motifs is 1. The highest BCUT2D eigenvalue weighted by Gasteiger charge is 2.13. The third-order valence-corrected chi connectivity index (χ3v) is 4.04. The average Bonchev–Trinajstić information content (AvgIpc) is 2.78. The average molecular weight is 291 g/mol. The van der Waals surface area contributed by atoms with Gasteiger partial charge in [0.05, 0.1) is 5.38 Å². The van der Waals surface area contributed by atoms with Gasteiger partial charge in [0.2, 0.25) is 0 Å². The molecule has 1 unspecified atom stereocenters. The molecule has 2 rings (SSSR count). The summed E-state index contributed by atoms with van der Waals surface area (Å²) in [5, 5.41) is 2.96. The van der Waals surface area contributed by atoms with E-state index in [1.165, 1.54) is 4.70 Å². The van der Waals surface area contributed by atoms with Gasteiger partial charge >= 0.3 is 0 Å². The molecule has 0 radical (unpaired) electrons. The molecule has 18 heavy (non-hydrogen) atoms. The van der Waals surface area contributed by atoms with Crippen molar-refractivity contribution in [1.29, 1.82) is 0 Å². The summed E-state index contributed by atoms with van der Waals surface area (Å²) in [6, 6.07) is 8.02. The van der Waals surface area contributed by atoms with E-state index < -0.39 is 13.0 Å². The number of halogens is 3. The van der Waals surface area contributed by atoms with E-state index in [4.69, 9.17) is 16.3 Å². The molecule has 1 atom stereocenters. The molecule has 0 amide bonds. The zero-order valence-electron chi connectivity index (χ0n) is 9.61. The Morgan fingerprint density at radius 2 is 2.06 bits per heavy atom. The molecular formula is C13H13ClF2OS. The van der Waals surface area contributed by atoms with Gasteiger partial charge < -0.3 is 4.74 Å². The topological polar surface area (TPSA) is 9.23 Å². The van der Waals surface area contributed by atoms with Crippen molar-refractivity contribution in [2.75, 3.05) is 13.2 Å². The van der Waals surface area contributed by atoms with Gasteiger partial charge in [0.15, 0.2) is 0 Å². The van der Waals surface area contributed by atoms with E-state index in [2.05, 4.69) is 0 Å². The third-order valence-electron chi connectivity index (χ3n) is 2.61. The highest BCUT2D eigenvalue weighted by Crippen LogP contribution is 2.35. The molecule has 0 bridgehead atoms. The Balaban J connectivity index is 1.94. The van der Waals surface area contributed by atoms with Crippen LogP contribution in [0.3, 0.4) is 0 Å². The quantitative estimate of drug-likeness (QED) is 0.546. The Hall–Kier alpha value is -0.710. The summed E-state index contributed by atoms with van der Waals surface area (Å²) in [5.41, 5.74) is 1.05. The van der Waals surface area contributed by atoms with Gasteiger partial charge in [-0.3, -0.25) is 0 Å². The summed E-state index contributed by atoms with van der Waals surface area (Å²) in [5.74, 6) is 0. The van der Waals surface area contributed by atoms with E-state index in [-0.39, 0.29) is 12.0 Å². The molecular weight excluding hydrogens is 278 g/mol. The minimum Gasteiger partial charge on any atom is -0.375 e. The first-order valence-corrected chi connectivity index (χ1v) is 6.96. The fourth-order valence-electron chi connectivity index (χ4n) is 1.76. The van der Waals surface area contributed by atoms with Crippen LogP contribution in [0, 0.1) is 0 Å². The van der Waals surface area contributed by atoms with Crippen molar-refractivity contribution in [2.24, 2.45) is 0 Å². The van der Waals surface area contributed by atoms with Gasteiger partial charge in [-0.25, -0.2) is 8.78 Å². The van der Waals surface area contributed by atoms with Crippen LogP contribution in [-0.2, 0) is 4.74 Å². The van der Waals surface area contributed by atoms with E-state index in [1.807, 2.05) is 29.6 Å². The van der Waals surface area contributed by atoms with Crippen LogP contribution in [-0.4, -0.2) is 19.6 Å². The molecule has 0 N–H and O–H groups in total. The van der Waals surface area contributed by atoms with Gasteiger partial charge in [0.1, 0.15) is 6.61 Å². The molecule has 98 valence electrons. The second-order valence-corrected chi connectivity index (χ2v) is 5.35. The first kappa shape index (κ1) is 13.7. The van der Waals surface area contributed by atoms with E-state index in [1.54, 1.807) is 11.3 Å². The fourth-order valence-corrected chi connectivity index (χ4v) is 3.12. The van der Waals surface area contributed by atoms with Crippen molar-refractivity contribution in [2.45, 2.75) is 18.2 Å². The van der Waals surface area contributed by atoms with E-state index >= 15 is 0 Å². The Morgan fingerprint density at radius 1 is 1.28 bits per heavy atom. The summed E-state index contributed by atoms with van der Waals surface area (Å²) < 4.78 is 29.8. The normalized spacial score (nSPS) is 13.3. The lowest BCUT2D eigenvalue weighted by Gasteiger charge is -2.09. The van der Waals surface area contributed by atoms with Crippen LogP contribution in [0.1, 0.15) is 17.4 Å². The maximum absolute atomic E-state index is 11.9. The minimum atomic E-state index is -2.42. The van der Waals surface area contributed by atoms with Crippen LogP contribution < -0.4 is 0 Å². The molecule has 2 aromatic rings. The predicted molar refractivity (Wildman–Crippen MR) is 71.9 cm³/mol. The van der Waals surface area contributed by atoms with Crippen molar-refractivity contribution in [3.8, 4) is 0 Å². The van der Waals surface area contributed by atoms with Gasteiger partial charge in [-0.15, -0.1) is 22.9 Å². The molecule has 1 nitrogen and oxygen atoms in total. The molecule has 1 heterocycles. The Bertz CT molecular complexity index is 500. The molecule has 0 aliphatic heterocycles. The maximum Gasteiger partial charge on any atom is 0.261 e. The van der Waals surface area contributed by atoms with Crippen LogP contribution >= 0.6 is 22.9 Å². The summed E-state index contributed by atoms with van der Waals surface area (Å²) >= 11 is 7.92. The van der Waals surface area contributed by atoms with E-state index in [9.17, 15) is 8.78 Å². The summed E-state index contributed by atoms with van der Waals surface area (Å²) in [6.45, 7) is -0.267. The second kappa shape index (κ2) is 6.45. The first-order chi connectivity index (χ1) is 8.68. The monoisotopic (exact) mass is 290 g/mol. The summed E-state index contributed by atoms with van der Waals surface area (Å²) in [6.07, 6.45) is -1.88. The van der Waals surface area contributed by atoms with E-state index in [0.717, 1.165) is 10.9 Å². The SMILES string of the molecule is FC(F)COCCC(Cl)c1csc2ccccc12. The number of ether oxygens (including phenoxy) is 1. The van der Waals surface area contributed by atoms with Crippen LogP contribution in [0.15, 0.2) is 29.6 Å².